The molecular weight excluding hydrogens is 224 g/mol. The predicted molar refractivity (Wildman–Crippen MR) is 43.5 cm³/mol. The van der Waals surface area contributed by atoms with Gasteiger partial charge in [0.1, 0.15) is 0 Å². The highest BCUT2D eigenvalue weighted by Gasteiger charge is 2.30. The summed E-state index contributed by atoms with van der Waals surface area (Å²) in [4.78, 5) is 1.14. The van der Waals surface area contributed by atoms with E-state index in [0.29, 0.717) is 0 Å². The number of alkyl halides is 6. The van der Waals surface area contributed by atoms with Crippen molar-refractivity contribution in [3.8, 4) is 0 Å². The summed E-state index contributed by atoms with van der Waals surface area (Å²) in [6.45, 7) is 0.963. The highest BCUT2D eigenvalue weighted by Crippen LogP contribution is 2.22. The van der Waals surface area contributed by atoms with Gasteiger partial charge in [0, 0.05) is 13.1 Å². The fourth-order valence-corrected chi connectivity index (χ4v) is 0.998. The Morgan fingerprint density at radius 3 is 1.33 bits per heavy atom. The van der Waals surface area contributed by atoms with E-state index in [2.05, 4.69) is 0 Å². The molecule has 0 amide bonds. The molecule has 0 aliphatic carbocycles. The maximum Gasteiger partial charge on any atom is 0.390 e. The Balaban J connectivity index is 3.84. The molecule has 0 saturated heterocycles. The van der Waals surface area contributed by atoms with Crippen LogP contribution in [0.1, 0.15) is 19.8 Å². The van der Waals surface area contributed by atoms with Crippen LogP contribution in [-0.2, 0) is 0 Å². The van der Waals surface area contributed by atoms with E-state index in [4.69, 9.17) is 0 Å². The molecule has 15 heavy (non-hydrogen) atoms. The first kappa shape index (κ1) is 14.5. The third-order valence-corrected chi connectivity index (χ3v) is 1.87. The minimum Gasteiger partial charge on any atom is -0.303 e. The van der Waals surface area contributed by atoms with Crippen molar-refractivity contribution in [2.24, 2.45) is 0 Å². The van der Waals surface area contributed by atoms with E-state index in [-0.39, 0.29) is 19.6 Å². The standard InChI is InChI=1S/C8H13F6N/c1-2-15(5-3-7(9,10)11)6-4-8(12,13)14/h2-6H2,1H3. The first-order valence-corrected chi connectivity index (χ1v) is 4.50. The van der Waals surface area contributed by atoms with Crippen LogP contribution in [0.4, 0.5) is 26.3 Å². The molecule has 0 aliphatic rings. The maximum absolute atomic E-state index is 11.8. The van der Waals surface area contributed by atoms with Crippen LogP contribution in [-0.4, -0.2) is 36.9 Å². The van der Waals surface area contributed by atoms with Crippen LogP contribution in [0.2, 0.25) is 0 Å². The van der Waals surface area contributed by atoms with Gasteiger partial charge in [-0.3, -0.25) is 0 Å². The van der Waals surface area contributed by atoms with Gasteiger partial charge in [0.15, 0.2) is 0 Å². The van der Waals surface area contributed by atoms with Crippen molar-refractivity contribution in [2.45, 2.75) is 32.1 Å². The van der Waals surface area contributed by atoms with Crippen molar-refractivity contribution in [1.82, 2.24) is 4.90 Å². The van der Waals surface area contributed by atoms with Crippen LogP contribution in [0.25, 0.3) is 0 Å². The van der Waals surface area contributed by atoms with Crippen molar-refractivity contribution in [1.29, 1.82) is 0 Å². The first-order valence-electron chi connectivity index (χ1n) is 4.50. The molecule has 0 spiro atoms. The van der Waals surface area contributed by atoms with Crippen molar-refractivity contribution in [3.63, 3.8) is 0 Å². The van der Waals surface area contributed by atoms with E-state index in [1.165, 1.54) is 6.92 Å². The van der Waals surface area contributed by atoms with E-state index in [1.807, 2.05) is 0 Å². The van der Waals surface area contributed by atoms with E-state index < -0.39 is 25.2 Å². The molecule has 0 rings (SSSR count). The minimum atomic E-state index is -4.31. The molecule has 0 heterocycles. The van der Waals surface area contributed by atoms with Crippen molar-refractivity contribution in [3.05, 3.63) is 0 Å². The summed E-state index contributed by atoms with van der Waals surface area (Å²) in [5.74, 6) is 0. The maximum atomic E-state index is 11.8. The fraction of sp³-hybridized carbons (Fsp3) is 1.00. The van der Waals surface area contributed by atoms with Gasteiger partial charge in [-0.25, -0.2) is 0 Å². The van der Waals surface area contributed by atoms with E-state index in [9.17, 15) is 26.3 Å². The van der Waals surface area contributed by atoms with Gasteiger partial charge in [-0.05, 0) is 6.54 Å². The summed E-state index contributed by atoms with van der Waals surface area (Å²) in [7, 11) is 0. The van der Waals surface area contributed by atoms with Gasteiger partial charge < -0.3 is 4.90 Å². The van der Waals surface area contributed by atoms with Crippen LogP contribution in [0.15, 0.2) is 0 Å². The topological polar surface area (TPSA) is 3.24 Å². The average Bonchev–Trinajstić information content (AvgIpc) is 2.00. The molecule has 0 fully saturated rings. The lowest BCUT2D eigenvalue weighted by Gasteiger charge is -2.21. The molecule has 0 saturated carbocycles. The van der Waals surface area contributed by atoms with E-state index in [0.717, 1.165) is 4.90 Å². The van der Waals surface area contributed by atoms with Gasteiger partial charge in [-0.2, -0.15) is 26.3 Å². The van der Waals surface area contributed by atoms with Crippen molar-refractivity contribution < 1.29 is 26.3 Å². The molecule has 0 aromatic heterocycles. The molecule has 0 unspecified atom stereocenters. The van der Waals surface area contributed by atoms with Gasteiger partial charge in [0.25, 0.3) is 0 Å². The summed E-state index contributed by atoms with van der Waals surface area (Å²) in [6.07, 6.45) is -10.8. The molecule has 7 heteroatoms. The zero-order chi connectivity index (χ0) is 12.1. The second-order valence-corrected chi connectivity index (χ2v) is 3.16. The minimum absolute atomic E-state index is 0.187. The van der Waals surface area contributed by atoms with Crippen LogP contribution in [0.3, 0.4) is 0 Å². The summed E-state index contributed by atoms with van der Waals surface area (Å²) in [6, 6.07) is 0. The molecule has 1 nitrogen and oxygen atoms in total. The third-order valence-electron chi connectivity index (χ3n) is 1.87. The highest BCUT2D eigenvalue weighted by molar-refractivity contribution is 4.62. The lowest BCUT2D eigenvalue weighted by Crippen LogP contribution is -2.31. The highest BCUT2D eigenvalue weighted by atomic mass is 19.4. The van der Waals surface area contributed by atoms with Crippen LogP contribution < -0.4 is 0 Å². The summed E-state index contributed by atoms with van der Waals surface area (Å²) < 4.78 is 70.7. The number of hydrogen-bond donors (Lipinski definition) is 0. The van der Waals surface area contributed by atoms with Crippen LogP contribution in [0, 0.1) is 0 Å². The van der Waals surface area contributed by atoms with Crippen LogP contribution >= 0.6 is 0 Å². The smallest absolute Gasteiger partial charge is 0.303 e. The average molecular weight is 237 g/mol. The molecule has 0 aromatic carbocycles. The second-order valence-electron chi connectivity index (χ2n) is 3.16. The Morgan fingerprint density at radius 2 is 1.13 bits per heavy atom. The monoisotopic (exact) mass is 237 g/mol. The zero-order valence-corrected chi connectivity index (χ0v) is 8.25. The van der Waals surface area contributed by atoms with Crippen molar-refractivity contribution in [2.75, 3.05) is 19.6 Å². The lowest BCUT2D eigenvalue weighted by molar-refractivity contribution is -0.145. The lowest BCUT2D eigenvalue weighted by atomic mass is 10.3. The second kappa shape index (κ2) is 5.58. The van der Waals surface area contributed by atoms with Crippen LogP contribution in [0.5, 0.6) is 0 Å². The molecule has 92 valence electrons. The Bertz CT molecular complexity index is 155. The zero-order valence-electron chi connectivity index (χ0n) is 8.25. The Labute approximate surface area is 84.0 Å². The van der Waals surface area contributed by atoms with E-state index >= 15 is 0 Å². The first-order chi connectivity index (χ1) is 6.64. The summed E-state index contributed by atoms with van der Waals surface area (Å²) in [5, 5.41) is 0. The SMILES string of the molecule is CCN(CCC(F)(F)F)CCC(F)(F)F. The molecule has 0 aromatic rings. The Hall–Kier alpha value is -0.460. The van der Waals surface area contributed by atoms with Gasteiger partial charge >= 0.3 is 12.4 Å². The Kier molecular flexibility index (Phi) is 5.41. The van der Waals surface area contributed by atoms with Gasteiger partial charge in [0.2, 0.25) is 0 Å². The molecule has 0 bridgehead atoms. The predicted octanol–water partition coefficient (Wildman–Crippen LogP) is 3.21. The number of rotatable bonds is 5. The third kappa shape index (κ3) is 9.84. The molecule has 0 aliphatic heterocycles. The summed E-state index contributed by atoms with van der Waals surface area (Å²) >= 11 is 0. The fourth-order valence-electron chi connectivity index (χ4n) is 0.998. The Morgan fingerprint density at radius 1 is 0.800 bits per heavy atom. The van der Waals surface area contributed by atoms with Crippen molar-refractivity contribution >= 4 is 0 Å². The van der Waals surface area contributed by atoms with Gasteiger partial charge in [0.05, 0.1) is 12.8 Å². The normalized spacial score (nSPS) is 13.6. The molecular formula is C8H13F6N. The molecule has 0 N–H and O–H groups in total. The van der Waals surface area contributed by atoms with E-state index in [1.54, 1.807) is 0 Å². The molecule has 0 atom stereocenters. The quantitative estimate of drug-likeness (QED) is 0.663. The molecule has 0 radical (unpaired) electrons. The van der Waals surface area contributed by atoms with Gasteiger partial charge in [-0.1, -0.05) is 6.92 Å². The number of halogens is 6. The summed E-state index contributed by atoms with van der Waals surface area (Å²) in [5.41, 5.74) is 0. The van der Waals surface area contributed by atoms with Gasteiger partial charge in [-0.15, -0.1) is 0 Å². The number of hydrogen-bond acceptors (Lipinski definition) is 1. The number of nitrogens with zero attached hydrogens (tertiary/aromatic N) is 1. The largest absolute Gasteiger partial charge is 0.390 e.